The quantitative estimate of drug-likeness (QED) is 0.775. The van der Waals surface area contributed by atoms with E-state index in [0.717, 1.165) is 19.7 Å². The van der Waals surface area contributed by atoms with Gasteiger partial charge in [0.2, 0.25) is 0 Å². The molecule has 0 aromatic carbocycles. The van der Waals surface area contributed by atoms with E-state index in [4.69, 9.17) is 21.6 Å². The molecule has 2 heterocycles. The van der Waals surface area contributed by atoms with Gasteiger partial charge in [-0.2, -0.15) is 5.26 Å². The Hall–Kier alpha value is -0.380. The number of rotatable bonds is 3. The fraction of sp³-hybridized carbons (Fsp3) is 0.923. The number of piperidine rings is 1. The van der Waals surface area contributed by atoms with E-state index in [1.54, 1.807) is 7.11 Å². The summed E-state index contributed by atoms with van der Waals surface area (Å²) in [5, 5.41) is 17.0. The van der Waals surface area contributed by atoms with Gasteiger partial charge in [-0.3, -0.25) is 5.32 Å². The topological polar surface area (TPSA) is 51.5 Å². The number of hydrazine groups is 1. The third-order valence-electron chi connectivity index (χ3n) is 4.23. The van der Waals surface area contributed by atoms with Crippen LogP contribution in [-0.2, 0) is 4.74 Å². The number of hydrogen-bond acceptors (Lipinski definition) is 5. The first-order valence-corrected chi connectivity index (χ1v) is 7.25. The van der Waals surface area contributed by atoms with Crippen molar-refractivity contribution in [3.8, 4) is 6.07 Å². The molecule has 5 unspecified atom stereocenters. The van der Waals surface area contributed by atoms with Gasteiger partial charge in [0.15, 0.2) is 0 Å². The lowest BCUT2D eigenvalue weighted by molar-refractivity contribution is -0.0404. The molecule has 0 aromatic rings. The molecule has 2 saturated heterocycles. The fourth-order valence-corrected chi connectivity index (χ4v) is 3.47. The molecule has 2 fully saturated rings. The summed E-state index contributed by atoms with van der Waals surface area (Å²) >= 11 is 6.42. The van der Waals surface area contributed by atoms with Crippen LogP contribution in [0.4, 0.5) is 0 Å². The normalized spacial score (nSPS) is 41.3. The second-order valence-corrected chi connectivity index (χ2v) is 6.18. The maximum absolute atomic E-state index is 9.08. The minimum atomic E-state index is -0.101. The standard InChI is InChI=1S/C13H23ClN4O/c1-9-12(14)11(4-15)5-16-13(9)18-7-10(8-19-3)6-17(18)2/h9-13,16H,5-8H2,1-3H3. The molecular weight excluding hydrogens is 264 g/mol. The van der Waals surface area contributed by atoms with Crippen LogP contribution in [0.1, 0.15) is 6.92 Å². The third-order valence-corrected chi connectivity index (χ3v) is 4.93. The van der Waals surface area contributed by atoms with Crippen molar-refractivity contribution in [2.24, 2.45) is 17.8 Å². The van der Waals surface area contributed by atoms with Crippen molar-refractivity contribution >= 4 is 11.6 Å². The van der Waals surface area contributed by atoms with Crippen molar-refractivity contribution in [1.82, 2.24) is 15.3 Å². The molecule has 6 heteroatoms. The van der Waals surface area contributed by atoms with Crippen LogP contribution < -0.4 is 5.32 Å². The molecule has 0 spiro atoms. The molecule has 0 bridgehead atoms. The lowest BCUT2D eigenvalue weighted by Crippen LogP contribution is -2.60. The van der Waals surface area contributed by atoms with Crippen LogP contribution in [0.25, 0.3) is 0 Å². The van der Waals surface area contributed by atoms with Gasteiger partial charge in [-0.1, -0.05) is 6.92 Å². The SMILES string of the molecule is COCC1CN(C)N(C2NCC(C#N)C(Cl)C2C)C1. The highest BCUT2D eigenvalue weighted by Gasteiger charge is 2.42. The molecule has 2 aliphatic rings. The first-order chi connectivity index (χ1) is 9.08. The van der Waals surface area contributed by atoms with Crippen LogP contribution in [0, 0.1) is 29.1 Å². The van der Waals surface area contributed by atoms with Crippen molar-refractivity contribution in [2.75, 3.05) is 40.4 Å². The summed E-state index contributed by atoms with van der Waals surface area (Å²) in [6.45, 7) is 5.56. The van der Waals surface area contributed by atoms with E-state index in [-0.39, 0.29) is 23.4 Å². The van der Waals surface area contributed by atoms with Crippen molar-refractivity contribution in [3.63, 3.8) is 0 Å². The summed E-state index contributed by atoms with van der Waals surface area (Å²) in [6.07, 6.45) is 0.207. The summed E-state index contributed by atoms with van der Waals surface area (Å²) in [5.41, 5.74) is 0. The highest BCUT2D eigenvalue weighted by molar-refractivity contribution is 6.21. The summed E-state index contributed by atoms with van der Waals surface area (Å²) in [6, 6.07) is 2.29. The van der Waals surface area contributed by atoms with E-state index in [9.17, 15) is 0 Å². The fourth-order valence-electron chi connectivity index (χ4n) is 3.19. The number of ether oxygens (including phenoxy) is 1. The molecule has 19 heavy (non-hydrogen) atoms. The number of halogens is 1. The van der Waals surface area contributed by atoms with Gasteiger partial charge >= 0.3 is 0 Å². The second kappa shape index (κ2) is 6.38. The second-order valence-electron chi connectivity index (χ2n) is 5.68. The Balaban J connectivity index is 2.01. The van der Waals surface area contributed by atoms with E-state index in [1.807, 2.05) is 0 Å². The van der Waals surface area contributed by atoms with Gasteiger partial charge < -0.3 is 4.74 Å². The van der Waals surface area contributed by atoms with Crippen LogP contribution in [0.2, 0.25) is 0 Å². The highest BCUT2D eigenvalue weighted by atomic mass is 35.5. The van der Waals surface area contributed by atoms with Gasteiger partial charge in [0.1, 0.15) is 0 Å². The Labute approximate surface area is 120 Å². The summed E-state index contributed by atoms with van der Waals surface area (Å²) in [4.78, 5) is 0. The monoisotopic (exact) mass is 286 g/mol. The van der Waals surface area contributed by atoms with Crippen LogP contribution in [0.3, 0.4) is 0 Å². The molecule has 5 atom stereocenters. The number of alkyl halides is 1. The first-order valence-electron chi connectivity index (χ1n) is 6.82. The van der Waals surface area contributed by atoms with Gasteiger partial charge in [0.05, 0.1) is 30.1 Å². The van der Waals surface area contributed by atoms with Crippen molar-refractivity contribution in [1.29, 1.82) is 5.26 Å². The van der Waals surface area contributed by atoms with E-state index in [1.165, 1.54) is 0 Å². The van der Waals surface area contributed by atoms with E-state index in [2.05, 4.69) is 35.4 Å². The number of nitrogens with one attached hydrogen (secondary N) is 1. The molecule has 0 aromatic heterocycles. The Morgan fingerprint density at radius 3 is 2.84 bits per heavy atom. The van der Waals surface area contributed by atoms with E-state index in [0.29, 0.717) is 12.5 Å². The molecule has 0 amide bonds. The van der Waals surface area contributed by atoms with Gasteiger partial charge in [-0.05, 0) is 0 Å². The number of nitrogens with zero attached hydrogens (tertiary/aromatic N) is 3. The van der Waals surface area contributed by atoms with Crippen LogP contribution >= 0.6 is 11.6 Å². The number of hydrogen-bond donors (Lipinski definition) is 1. The summed E-state index contributed by atoms with van der Waals surface area (Å²) in [7, 11) is 3.85. The Kier molecular flexibility index (Phi) is 5.04. The first kappa shape index (κ1) is 15.0. The molecule has 0 radical (unpaired) electrons. The zero-order valence-electron chi connectivity index (χ0n) is 11.8. The third kappa shape index (κ3) is 3.04. The predicted octanol–water partition coefficient (Wildman–Crippen LogP) is 0.724. The van der Waals surface area contributed by atoms with Gasteiger partial charge in [0.25, 0.3) is 0 Å². The zero-order valence-corrected chi connectivity index (χ0v) is 12.6. The molecular formula is C13H23ClN4O. The molecule has 108 valence electrons. The minimum absolute atomic E-state index is 0.0916. The summed E-state index contributed by atoms with van der Waals surface area (Å²) in [5.74, 6) is 0.672. The van der Waals surface area contributed by atoms with Crippen molar-refractivity contribution in [2.45, 2.75) is 18.5 Å². The Morgan fingerprint density at radius 2 is 2.21 bits per heavy atom. The Bertz CT molecular complexity index is 348. The lowest BCUT2D eigenvalue weighted by atomic mass is 9.89. The number of methoxy groups -OCH3 is 1. The molecule has 1 N–H and O–H groups in total. The van der Waals surface area contributed by atoms with E-state index >= 15 is 0 Å². The van der Waals surface area contributed by atoms with Crippen LogP contribution in [0.5, 0.6) is 0 Å². The van der Waals surface area contributed by atoms with Gasteiger partial charge in [0, 0.05) is 45.6 Å². The van der Waals surface area contributed by atoms with Gasteiger partial charge in [-0.15, -0.1) is 11.6 Å². The number of nitriles is 1. The lowest BCUT2D eigenvalue weighted by Gasteiger charge is -2.43. The average molecular weight is 287 g/mol. The maximum Gasteiger partial charge on any atom is 0.0776 e. The Morgan fingerprint density at radius 1 is 1.47 bits per heavy atom. The molecule has 2 aliphatic heterocycles. The maximum atomic E-state index is 9.08. The minimum Gasteiger partial charge on any atom is -0.384 e. The molecule has 5 nitrogen and oxygen atoms in total. The largest absolute Gasteiger partial charge is 0.384 e. The van der Waals surface area contributed by atoms with E-state index < -0.39 is 0 Å². The predicted molar refractivity (Wildman–Crippen MR) is 74.4 cm³/mol. The summed E-state index contributed by atoms with van der Waals surface area (Å²) < 4.78 is 5.25. The van der Waals surface area contributed by atoms with Crippen LogP contribution in [0.15, 0.2) is 0 Å². The average Bonchev–Trinajstić information content (AvgIpc) is 2.74. The van der Waals surface area contributed by atoms with Gasteiger partial charge in [-0.25, -0.2) is 10.0 Å². The molecule has 2 rings (SSSR count). The van der Waals surface area contributed by atoms with Crippen molar-refractivity contribution < 1.29 is 4.74 Å². The molecule has 0 aliphatic carbocycles. The highest BCUT2D eigenvalue weighted by Crippen LogP contribution is 2.30. The zero-order chi connectivity index (χ0) is 14.0. The van der Waals surface area contributed by atoms with Crippen molar-refractivity contribution in [3.05, 3.63) is 0 Å². The smallest absolute Gasteiger partial charge is 0.0776 e. The van der Waals surface area contributed by atoms with Crippen LogP contribution in [-0.4, -0.2) is 62.0 Å². The molecule has 0 saturated carbocycles.